The number of hydrogen-bond donors (Lipinski definition) is 0. The number of hydrogen-bond acceptors (Lipinski definition) is 6. The third kappa shape index (κ3) is 3.13. The first-order valence-electron chi connectivity index (χ1n) is 9.37. The van der Waals surface area contributed by atoms with Gasteiger partial charge < -0.3 is 14.2 Å². The zero-order valence-electron chi connectivity index (χ0n) is 17.2. The highest BCUT2D eigenvalue weighted by atomic mass is 32.1. The summed E-state index contributed by atoms with van der Waals surface area (Å²) in [5.41, 5.74) is 1.51. The van der Waals surface area contributed by atoms with Crippen molar-refractivity contribution in [3.63, 3.8) is 0 Å². The molecule has 1 aromatic heterocycles. The molecule has 0 saturated heterocycles. The molecule has 1 atom stereocenters. The van der Waals surface area contributed by atoms with Gasteiger partial charge in [0.25, 0.3) is 0 Å². The molecule has 0 fully saturated rings. The zero-order valence-corrected chi connectivity index (χ0v) is 18.0. The third-order valence-corrected chi connectivity index (χ3v) is 6.43. The molecule has 8 heteroatoms. The molecule has 0 unspecified atom stereocenters. The first-order chi connectivity index (χ1) is 14.5. The number of amides is 1. The van der Waals surface area contributed by atoms with Crippen molar-refractivity contribution in [1.82, 2.24) is 4.57 Å². The van der Waals surface area contributed by atoms with Crippen molar-refractivity contribution in [1.29, 1.82) is 0 Å². The Bertz CT molecular complexity index is 1150. The van der Waals surface area contributed by atoms with Gasteiger partial charge in [-0.05, 0) is 18.2 Å². The molecule has 4 rings (SSSR count). The summed E-state index contributed by atoms with van der Waals surface area (Å²) in [6, 6.07) is 12.9. The molecule has 1 aliphatic rings. The summed E-state index contributed by atoms with van der Waals surface area (Å²) >= 11 is 1.15. The minimum atomic E-state index is -0.332. The summed E-state index contributed by atoms with van der Waals surface area (Å²) in [4.78, 5) is 28.2. The van der Waals surface area contributed by atoms with Gasteiger partial charge in [0.05, 0.1) is 31.9 Å². The van der Waals surface area contributed by atoms with Crippen LogP contribution in [0, 0.1) is 0 Å². The summed E-state index contributed by atoms with van der Waals surface area (Å²) in [6.45, 7) is 0. The van der Waals surface area contributed by atoms with E-state index < -0.39 is 0 Å². The second-order valence-electron chi connectivity index (χ2n) is 6.89. The number of thiazole rings is 1. The normalized spacial score (nSPS) is 15.7. The molecule has 0 radical (unpaired) electrons. The van der Waals surface area contributed by atoms with Crippen molar-refractivity contribution in [3.8, 4) is 17.2 Å². The standard InChI is InChI=1S/C22H22N2O5S/c1-23-21-20(30-22(23)26)15(11-19(25)24(21)13-8-6-5-7-9-13)14-10-17(28-3)18(29-4)12-16(14)27-2/h5-10,12,15H,11H2,1-4H3/t15-/m0/s1. The Kier molecular flexibility index (Phi) is 5.26. The molecule has 1 aliphatic heterocycles. The van der Waals surface area contributed by atoms with E-state index in [1.54, 1.807) is 39.3 Å². The predicted octanol–water partition coefficient (Wildman–Crippen LogP) is 3.67. The fourth-order valence-electron chi connectivity index (χ4n) is 3.84. The molecule has 0 spiro atoms. The van der Waals surface area contributed by atoms with Crippen molar-refractivity contribution >= 4 is 28.7 Å². The Morgan fingerprint density at radius 2 is 1.57 bits per heavy atom. The molecule has 0 bridgehead atoms. The lowest BCUT2D eigenvalue weighted by Crippen LogP contribution is -2.34. The number of rotatable bonds is 5. The number of benzene rings is 2. The lowest BCUT2D eigenvalue weighted by atomic mass is 9.89. The SMILES string of the molecule is COc1cc(OC)c([C@@H]2CC(=O)N(c3ccccc3)c3c2sc(=O)n3C)cc1OC. The van der Waals surface area contributed by atoms with Crippen LogP contribution in [0.1, 0.15) is 22.8 Å². The first kappa shape index (κ1) is 20.0. The maximum absolute atomic E-state index is 13.3. The fourth-order valence-corrected chi connectivity index (χ4v) is 4.93. The number of anilines is 2. The summed E-state index contributed by atoms with van der Waals surface area (Å²) in [6.07, 6.45) is 0.202. The van der Waals surface area contributed by atoms with E-state index in [-0.39, 0.29) is 23.1 Å². The molecule has 2 aromatic carbocycles. The number of ether oxygens (including phenoxy) is 3. The molecule has 0 aliphatic carbocycles. The number of methoxy groups -OCH3 is 3. The first-order valence-corrected chi connectivity index (χ1v) is 10.2. The Balaban J connectivity index is 1.93. The van der Waals surface area contributed by atoms with Crippen LogP contribution in [-0.2, 0) is 11.8 Å². The van der Waals surface area contributed by atoms with Gasteiger partial charge in [-0.25, -0.2) is 0 Å². The summed E-state index contributed by atoms with van der Waals surface area (Å²) < 4.78 is 18.0. The van der Waals surface area contributed by atoms with Gasteiger partial charge in [0, 0.05) is 31.0 Å². The molecule has 2 heterocycles. The smallest absolute Gasteiger partial charge is 0.308 e. The Morgan fingerprint density at radius 1 is 0.933 bits per heavy atom. The van der Waals surface area contributed by atoms with Gasteiger partial charge in [0.1, 0.15) is 11.6 Å². The highest BCUT2D eigenvalue weighted by molar-refractivity contribution is 7.10. The average Bonchev–Trinajstić information content (AvgIpc) is 3.07. The van der Waals surface area contributed by atoms with Crippen LogP contribution in [0.15, 0.2) is 47.3 Å². The van der Waals surface area contributed by atoms with E-state index in [9.17, 15) is 9.59 Å². The number of para-hydroxylation sites is 1. The van der Waals surface area contributed by atoms with Crippen LogP contribution in [0.4, 0.5) is 11.5 Å². The summed E-state index contributed by atoms with van der Waals surface area (Å²) in [5.74, 6) is 1.82. The lowest BCUT2D eigenvalue weighted by Gasteiger charge is -2.32. The van der Waals surface area contributed by atoms with E-state index in [0.717, 1.165) is 27.5 Å². The minimum Gasteiger partial charge on any atom is -0.496 e. The van der Waals surface area contributed by atoms with Gasteiger partial charge in [-0.3, -0.25) is 19.1 Å². The van der Waals surface area contributed by atoms with Gasteiger partial charge >= 0.3 is 4.87 Å². The highest BCUT2D eigenvalue weighted by Gasteiger charge is 2.38. The highest BCUT2D eigenvalue weighted by Crippen LogP contribution is 2.48. The van der Waals surface area contributed by atoms with Gasteiger partial charge in [0.2, 0.25) is 5.91 Å². The molecule has 156 valence electrons. The molecule has 30 heavy (non-hydrogen) atoms. The number of carbonyl (C=O) groups excluding carboxylic acids is 1. The average molecular weight is 426 g/mol. The number of fused-ring (bicyclic) bond motifs is 1. The van der Waals surface area contributed by atoms with E-state index in [1.807, 2.05) is 36.4 Å². The van der Waals surface area contributed by atoms with Crippen molar-refractivity contribution in [3.05, 3.63) is 62.6 Å². The van der Waals surface area contributed by atoms with Crippen LogP contribution < -0.4 is 24.0 Å². The Hall–Kier alpha value is -3.26. The van der Waals surface area contributed by atoms with E-state index in [4.69, 9.17) is 14.2 Å². The van der Waals surface area contributed by atoms with Crippen LogP contribution in [0.5, 0.6) is 17.2 Å². The van der Waals surface area contributed by atoms with Crippen LogP contribution in [-0.4, -0.2) is 31.8 Å². The van der Waals surface area contributed by atoms with Crippen molar-refractivity contribution in [2.24, 2.45) is 7.05 Å². The Morgan fingerprint density at radius 3 is 2.20 bits per heavy atom. The minimum absolute atomic E-state index is 0.0936. The van der Waals surface area contributed by atoms with Crippen molar-refractivity contribution in [2.75, 3.05) is 26.2 Å². The number of nitrogens with zero attached hydrogens (tertiary/aromatic N) is 2. The maximum atomic E-state index is 13.3. The summed E-state index contributed by atoms with van der Waals surface area (Å²) in [5, 5.41) is 0. The monoisotopic (exact) mass is 426 g/mol. The van der Waals surface area contributed by atoms with Gasteiger partial charge in [0.15, 0.2) is 11.5 Å². The van der Waals surface area contributed by atoms with Gasteiger partial charge in [-0.2, -0.15) is 0 Å². The molecule has 3 aromatic rings. The third-order valence-electron chi connectivity index (χ3n) is 5.29. The van der Waals surface area contributed by atoms with Gasteiger partial charge in [-0.1, -0.05) is 29.5 Å². The van der Waals surface area contributed by atoms with E-state index in [2.05, 4.69) is 0 Å². The predicted molar refractivity (Wildman–Crippen MR) is 116 cm³/mol. The maximum Gasteiger partial charge on any atom is 0.308 e. The van der Waals surface area contributed by atoms with Crippen LogP contribution in [0.3, 0.4) is 0 Å². The van der Waals surface area contributed by atoms with Crippen LogP contribution in [0.25, 0.3) is 0 Å². The van der Waals surface area contributed by atoms with Crippen LogP contribution in [0.2, 0.25) is 0 Å². The quantitative estimate of drug-likeness (QED) is 0.623. The number of carbonyl (C=O) groups is 1. The Labute approximate surface area is 178 Å². The fraction of sp³-hybridized carbons (Fsp3) is 0.273. The molecule has 7 nitrogen and oxygen atoms in total. The van der Waals surface area contributed by atoms with Crippen molar-refractivity contribution < 1.29 is 19.0 Å². The molecule has 0 N–H and O–H groups in total. The lowest BCUT2D eigenvalue weighted by molar-refractivity contribution is -0.118. The zero-order chi connectivity index (χ0) is 21.4. The van der Waals surface area contributed by atoms with Crippen molar-refractivity contribution in [2.45, 2.75) is 12.3 Å². The molecule has 1 amide bonds. The van der Waals surface area contributed by atoms with E-state index >= 15 is 0 Å². The van der Waals surface area contributed by atoms with E-state index in [1.165, 1.54) is 4.57 Å². The molecule has 0 saturated carbocycles. The van der Waals surface area contributed by atoms with E-state index in [0.29, 0.717) is 23.1 Å². The largest absolute Gasteiger partial charge is 0.496 e. The number of aromatic nitrogens is 1. The molecular formula is C22H22N2O5S. The van der Waals surface area contributed by atoms with Crippen LogP contribution >= 0.6 is 11.3 Å². The second kappa shape index (κ2) is 7.87. The topological polar surface area (TPSA) is 70.0 Å². The second-order valence-corrected chi connectivity index (χ2v) is 7.88. The summed E-state index contributed by atoms with van der Waals surface area (Å²) in [7, 11) is 6.37. The molecular weight excluding hydrogens is 404 g/mol. The van der Waals surface area contributed by atoms with Gasteiger partial charge in [-0.15, -0.1) is 0 Å².